The maximum Gasteiger partial charge on any atom is 0.306 e. The van der Waals surface area contributed by atoms with Crippen LogP contribution in [-0.2, 0) is 9.53 Å². The van der Waals surface area contributed by atoms with Crippen molar-refractivity contribution >= 4 is 16.9 Å². The minimum Gasteiger partial charge on any atom is -0.506 e. The summed E-state index contributed by atoms with van der Waals surface area (Å²) in [5.41, 5.74) is 2.59. The number of rotatable bonds is 5. The van der Waals surface area contributed by atoms with Crippen molar-refractivity contribution in [3.63, 3.8) is 0 Å². The van der Waals surface area contributed by atoms with Crippen LogP contribution in [-0.4, -0.2) is 27.7 Å². The molecule has 3 aromatic rings. The molecular weight excluding hydrogens is 292 g/mol. The standard InChI is InChI=1S/C18H18N2O3/c1-2-23-18(22)10-14(15-5-3-4-8-19-15)12-6-7-13-16(9-12)20-11-17(13)21/h3-9,11,14,20-21H,2,10H2,1H3. The van der Waals surface area contributed by atoms with Gasteiger partial charge in [0.05, 0.1) is 13.0 Å². The third-order valence-corrected chi connectivity index (χ3v) is 3.81. The fourth-order valence-electron chi connectivity index (χ4n) is 2.71. The smallest absolute Gasteiger partial charge is 0.306 e. The van der Waals surface area contributed by atoms with Gasteiger partial charge in [0.2, 0.25) is 0 Å². The Labute approximate surface area is 133 Å². The van der Waals surface area contributed by atoms with Gasteiger partial charge in [-0.1, -0.05) is 12.1 Å². The molecule has 0 aliphatic carbocycles. The molecule has 1 aromatic carbocycles. The Morgan fingerprint density at radius 3 is 2.96 bits per heavy atom. The number of benzene rings is 1. The molecule has 5 heteroatoms. The Morgan fingerprint density at radius 1 is 1.35 bits per heavy atom. The first-order chi connectivity index (χ1) is 11.2. The van der Waals surface area contributed by atoms with E-state index in [4.69, 9.17) is 4.74 Å². The number of H-pyrrole nitrogens is 1. The number of ether oxygens (including phenoxy) is 1. The van der Waals surface area contributed by atoms with Crippen LogP contribution in [0.4, 0.5) is 0 Å². The summed E-state index contributed by atoms with van der Waals surface area (Å²) in [5, 5.41) is 10.5. The van der Waals surface area contributed by atoms with Crippen LogP contribution in [0.5, 0.6) is 5.75 Å². The number of nitrogens with one attached hydrogen (secondary N) is 1. The van der Waals surface area contributed by atoms with Crippen LogP contribution in [0.15, 0.2) is 48.8 Å². The van der Waals surface area contributed by atoms with Crippen LogP contribution in [0.25, 0.3) is 10.9 Å². The second-order valence-electron chi connectivity index (χ2n) is 5.30. The summed E-state index contributed by atoms with van der Waals surface area (Å²) >= 11 is 0. The molecule has 23 heavy (non-hydrogen) atoms. The number of pyridine rings is 1. The van der Waals surface area contributed by atoms with Gasteiger partial charge in [-0.3, -0.25) is 9.78 Å². The van der Waals surface area contributed by atoms with Gasteiger partial charge in [0, 0.05) is 34.9 Å². The SMILES string of the molecule is CCOC(=O)CC(c1ccc2c(O)c[nH]c2c1)c1ccccn1. The second kappa shape index (κ2) is 6.52. The Bertz CT molecular complexity index is 812. The lowest BCUT2D eigenvalue weighted by molar-refractivity contribution is -0.143. The lowest BCUT2D eigenvalue weighted by Gasteiger charge is -2.16. The fraction of sp³-hybridized carbons (Fsp3) is 0.222. The normalized spacial score (nSPS) is 12.2. The molecule has 0 aliphatic heterocycles. The summed E-state index contributed by atoms with van der Waals surface area (Å²) in [6.07, 6.45) is 3.49. The molecule has 2 heterocycles. The van der Waals surface area contributed by atoms with Crippen molar-refractivity contribution in [2.45, 2.75) is 19.3 Å². The minimum atomic E-state index is -0.252. The molecule has 5 nitrogen and oxygen atoms in total. The van der Waals surface area contributed by atoms with Crippen LogP contribution in [0.1, 0.15) is 30.5 Å². The van der Waals surface area contributed by atoms with E-state index in [1.54, 1.807) is 19.3 Å². The highest BCUT2D eigenvalue weighted by molar-refractivity contribution is 5.86. The Kier molecular flexibility index (Phi) is 4.28. The van der Waals surface area contributed by atoms with E-state index in [1.165, 1.54) is 0 Å². The number of hydrogen-bond donors (Lipinski definition) is 2. The zero-order valence-corrected chi connectivity index (χ0v) is 12.8. The second-order valence-corrected chi connectivity index (χ2v) is 5.30. The number of aromatic amines is 1. The summed E-state index contributed by atoms with van der Waals surface area (Å²) in [6.45, 7) is 2.15. The summed E-state index contributed by atoms with van der Waals surface area (Å²) < 4.78 is 5.09. The molecule has 3 rings (SSSR count). The van der Waals surface area contributed by atoms with E-state index in [1.807, 2.05) is 36.4 Å². The van der Waals surface area contributed by atoms with Crippen LogP contribution in [0.2, 0.25) is 0 Å². The largest absolute Gasteiger partial charge is 0.506 e. The third kappa shape index (κ3) is 3.18. The highest BCUT2D eigenvalue weighted by Gasteiger charge is 2.21. The molecule has 0 bridgehead atoms. The Morgan fingerprint density at radius 2 is 2.22 bits per heavy atom. The summed E-state index contributed by atoms with van der Waals surface area (Å²) in [4.78, 5) is 19.4. The Balaban J connectivity index is 2.00. The third-order valence-electron chi connectivity index (χ3n) is 3.81. The first-order valence-electron chi connectivity index (χ1n) is 7.55. The number of fused-ring (bicyclic) bond motifs is 1. The topological polar surface area (TPSA) is 75.2 Å². The molecule has 0 amide bonds. The molecule has 118 valence electrons. The van der Waals surface area contributed by atoms with Gasteiger partial charge in [0.25, 0.3) is 0 Å². The predicted molar refractivity (Wildman–Crippen MR) is 87.3 cm³/mol. The van der Waals surface area contributed by atoms with Gasteiger partial charge in [-0.15, -0.1) is 0 Å². The predicted octanol–water partition coefficient (Wildman–Crippen LogP) is 3.35. The van der Waals surface area contributed by atoms with Crippen molar-refractivity contribution in [1.29, 1.82) is 0 Å². The van der Waals surface area contributed by atoms with E-state index in [0.29, 0.717) is 6.61 Å². The van der Waals surface area contributed by atoms with Crippen molar-refractivity contribution < 1.29 is 14.6 Å². The molecule has 0 radical (unpaired) electrons. The van der Waals surface area contributed by atoms with E-state index in [9.17, 15) is 9.90 Å². The number of carbonyl (C=O) groups is 1. The van der Waals surface area contributed by atoms with Gasteiger partial charge in [-0.05, 0) is 36.8 Å². The number of aromatic hydroxyl groups is 1. The first kappa shape index (κ1) is 15.1. The van der Waals surface area contributed by atoms with Gasteiger partial charge in [-0.25, -0.2) is 0 Å². The minimum absolute atomic E-state index is 0.190. The maximum atomic E-state index is 12.0. The fourth-order valence-corrected chi connectivity index (χ4v) is 2.71. The molecule has 1 atom stereocenters. The van der Waals surface area contributed by atoms with Crippen LogP contribution in [0, 0.1) is 0 Å². The highest BCUT2D eigenvalue weighted by atomic mass is 16.5. The molecule has 0 saturated heterocycles. The van der Waals surface area contributed by atoms with Gasteiger partial charge < -0.3 is 14.8 Å². The summed E-state index contributed by atoms with van der Waals surface area (Å²) in [6, 6.07) is 11.3. The number of carbonyl (C=O) groups excluding carboxylic acids is 1. The number of hydrogen-bond acceptors (Lipinski definition) is 4. The van der Waals surface area contributed by atoms with E-state index in [-0.39, 0.29) is 24.1 Å². The van der Waals surface area contributed by atoms with Crippen molar-refractivity contribution in [2.75, 3.05) is 6.61 Å². The zero-order chi connectivity index (χ0) is 16.2. The molecule has 1 unspecified atom stereocenters. The quantitative estimate of drug-likeness (QED) is 0.709. The van der Waals surface area contributed by atoms with E-state index in [0.717, 1.165) is 22.2 Å². The lowest BCUT2D eigenvalue weighted by atomic mass is 9.91. The number of esters is 1. The van der Waals surface area contributed by atoms with E-state index >= 15 is 0 Å². The maximum absolute atomic E-state index is 12.0. The highest BCUT2D eigenvalue weighted by Crippen LogP contribution is 2.31. The first-order valence-corrected chi connectivity index (χ1v) is 7.55. The summed E-state index contributed by atoms with van der Waals surface area (Å²) in [7, 11) is 0. The van der Waals surface area contributed by atoms with Gasteiger partial charge in [0.15, 0.2) is 0 Å². The molecule has 0 fully saturated rings. The van der Waals surface area contributed by atoms with Crippen molar-refractivity contribution in [1.82, 2.24) is 9.97 Å². The van der Waals surface area contributed by atoms with Crippen LogP contribution < -0.4 is 0 Å². The lowest BCUT2D eigenvalue weighted by Crippen LogP contribution is -2.12. The van der Waals surface area contributed by atoms with Crippen molar-refractivity contribution in [2.24, 2.45) is 0 Å². The van der Waals surface area contributed by atoms with Gasteiger partial charge >= 0.3 is 5.97 Å². The number of aromatic nitrogens is 2. The molecule has 2 N–H and O–H groups in total. The van der Waals surface area contributed by atoms with Crippen LogP contribution >= 0.6 is 0 Å². The molecular formula is C18H18N2O3. The van der Waals surface area contributed by atoms with E-state index < -0.39 is 0 Å². The average Bonchev–Trinajstić information content (AvgIpc) is 2.94. The van der Waals surface area contributed by atoms with Crippen LogP contribution in [0.3, 0.4) is 0 Å². The zero-order valence-electron chi connectivity index (χ0n) is 12.8. The van der Waals surface area contributed by atoms with Crippen molar-refractivity contribution in [3.05, 3.63) is 60.0 Å². The molecule has 0 saturated carbocycles. The molecule has 2 aromatic heterocycles. The van der Waals surface area contributed by atoms with Gasteiger partial charge in [0.1, 0.15) is 5.75 Å². The number of nitrogens with zero attached hydrogens (tertiary/aromatic N) is 1. The summed E-state index contributed by atoms with van der Waals surface area (Å²) in [5.74, 6) is -0.228. The Hall–Kier alpha value is -2.82. The van der Waals surface area contributed by atoms with E-state index in [2.05, 4.69) is 9.97 Å². The monoisotopic (exact) mass is 310 g/mol. The van der Waals surface area contributed by atoms with Crippen molar-refractivity contribution in [3.8, 4) is 5.75 Å². The van der Waals surface area contributed by atoms with Gasteiger partial charge in [-0.2, -0.15) is 0 Å². The average molecular weight is 310 g/mol. The molecule has 0 aliphatic rings. The molecule has 0 spiro atoms.